The third-order valence-electron chi connectivity index (χ3n) is 4.25. The Morgan fingerprint density at radius 2 is 1.61 bits per heavy atom. The second-order valence-corrected chi connectivity index (χ2v) is 7.79. The van der Waals surface area contributed by atoms with Crippen molar-refractivity contribution in [3.05, 3.63) is 53.6 Å². The Balaban J connectivity index is 2.24. The summed E-state index contributed by atoms with van der Waals surface area (Å²) in [6.45, 7) is 4.19. The van der Waals surface area contributed by atoms with Crippen LogP contribution in [0, 0.1) is 0 Å². The molecule has 0 atom stereocenters. The van der Waals surface area contributed by atoms with Gasteiger partial charge in [0.2, 0.25) is 10.0 Å². The van der Waals surface area contributed by atoms with Crippen LogP contribution in [0.3, 0.4) is 0 Å². The molecule has 0 aliphatic carbocycles. The summed E-state index contributed by atoms with van der Waals surface area (Å²) in [6.07, 6.45) is 0. The van der Waals surface area contributed by atoms with Crippen molar-refractivity contribution in [1.82, 2.24) is 4.31 Å². The van der Waals surface area contributed by atoms with E-state index < -0.39 is 16.0 Å². The Morgan fingerprint density at radius 3 is 2.14 bits per heavy atom. The van der Waals surface area contributed by atoms with E-state index in [1.165, 1.54) is 29.6 Å². The molecule has 2 aromatic carbocycles. The zero-order valence-electron chi connectivity index (χ0n) is 16.5. The number of carbonyl (C=O) groups is 1. The number of hydrogen-bond acceptors (Lipinski definition) is 6. The molecule has 0 spiro atoms. The molecule has 0 bridgehead atoms. The highest BCUT2D eigenvalue weighted by Crippen LogP contribution is 2.28. The van der Waals surface area contributed by atoms with Crippen molar-refractivity contribution in [2.24, 2.45) is 0 Å². The molecular weight excluding hydrogens is 382 g/mol. The molecule has 2 rings (SSSR count). The van der Waals surface area contributed by atoms with Gasteiger partial charge in [-0.25, -0.2) is 13.2 Å². The molecule has 2 aromatic rings. The van der Waals surface area contributed by atoms with Gasteiger partial charge in [0, 0.05) is 13.1 Å². The van der Waals surface area contributed by atoms with E-state index in [1.54, 1.807) is 45.2 Å². The monoisotopic (exact) mass is 407 g/mol. The largest absolute Gasteiger partial charge is 0.497 e. The van der Waals surface area contributed by atoms with Gasteiger partial charge in [-0.2, -0.15) is 4.31 Å². The van der Waals surface area contributed by atoms with Gasteiger partial charge in [-0.15, -0.1) is 0 Å². The molecule has 0 saturated heterocycles. The number of sulfonamides is 1. The maximum Gasteiger partial charge on any atom is 0.338 e. The molecule has 0 aliphatic rings. The topological polar surface area (TPSA) is 82.1 Å². The fourth-order valence-corrected chi connectivity index (χ4v) is 4.30. The Kier molecular flexibility index (Phi) is 7.42. The molecule has 0 aromatic heterocycles. The van der Waals surface area contributed by atoms with Gasteiger partial charge in [0.15, 0.2) is 0 Å². The maximum absolute atomic E-state index is 12.9. The molecule has 7 nitrogen and oxygen atoms in total. The summed E-state index contributed by atoms with van der Waals surface area (Å²) in [5.74, 6) is 0.268. The molecule has 0 aliphatic heterocycles. The van der Waals surface area contributed by atoms with Crippen molar-refractivity contribution in [3.8, 4) is 11.5 Å². The Labute approximate surface area is 165 Å². The van der Waals surface area contributed by atoms with Crippen LogP contribution in [0.25, 0.3) is 0 Å². The number of carbonyl (C=O) groups excluding carboxylic acids is 1. The van der Waals surface area contributed by atoms with Gasteiger partial charge in [0.1, 0.15) is 23.0 Å². The second kappa shape index (κ2) is 9.57. The van der Waals surface area contributed by atoms with E-state index >= 15 is 0 Å². The van der Waals surface area contributed by atoms with E-state index in [-0.39, 0.29) is 22.8 Å². The van der Waals surface area contributed by atoms with Gasteiger partial charge in [0.05, 0.1) is 19.8 Å². The van der Waals surface area contributed by atoms with Gasteiger partial charge in [-0.3, -0.25) is 0 Å². The van der Waals surface area contributed by atoms with Crippen molar-refractivity contribution in [1.29, 1.82) is 0 Å². The van der Waals surface area contributed by atoms with Crippen molar-refractivity contribution in [2.75, 3.05) is 27.3 Å². The number of methoxy groups -OCH3 is 2. The molecular formula is C20H25NO6S. The highest BCUT2D eigenvalue weighted by molar-refractivity contribution is 7.89. The van der Waals surface area contributed by atoms with Crippen LogP contribution in [0.4, 0.5) is 0 Å². The summed E-state index contributed by atoms with van der Waals surface area (Å²) in [7, 11) is -0.829. The van der Waals surface area contributed by atoms with E-state index in [0.29, 0.717) is 18.8 Å². The Hall–Kier alpha value is -2.58. The van der Waals surface area contributed by atoms with Crippen molar-refractivity contribution in [3.63, 3.8) is 0 Å². The molecule has 0 unspecified atom stereocenters. The second-order valence-electron chi connectivity index (χ2n) is 5.88. The molecule has 8 heteroatoms. The molecule has 0 saturated carbocycles. The normalized spacial score (nSPS) is 11.3. The molecule has 0 fully saturated rings. The van der Waals surface area contributed by atoms with Crippen LogP contribution >= 0.6 is 0 Å². The first-order chi connectivity index (χ1) is 13.4. The van der Waals surface area contributed by atoms with Gasteiger partial charge in [-0.05, 0) is 35.9 Å². The summed E-state index contributed by atoms with van der Waals surface area (Å²) < 4.78 is 42.6. The lowest BCUT2D eigenvalue weighted by atomic mass is 10.2. The summed E-state index contributed by atoms with van der Waals surface area (Å²) in [6, 6.07) is 11.4. The first-order valence-electron chi connectivity index (χ1n) is 8.85. The lowest BCUT2D eigenvalue weighted by Gasteiger charge is -2.20. The van der Waals surface area contributed by atoms with Gasteiger partial charge in [0.25, 0.3) is 0 Å². The molecule has 152 valence electrons. The highest BCUT2D eigenvalue weighted by Gasteiger charge is 2.27. The average Bonchev–Trinajstić information content (AvgIpc) is 2.72. The van der Waals surface area contributed by atoms with Crippen LogP contribution in [-0.4, -0.2) is 46.0 Å². The third kappa shape index (κ3) is 4.82. The van der Waals surface area contributed by atoms with Crippen LogP contribution in [0.2, 0.25) is 0 Å². The summed E-state index contributed by atoms with van der Waals surface area (Å²) >= 11 is 0. The highest BCUT2D eigenvalue weighted by atomic mass is 32.2. The fraction of sp³-hybridized carbons (Fsp3) is 0.350. The van der Waals surface area contributed by atoms with Crippen molar-refractivity contribution < 1.29 is 27.4 Å². The van der Waals surface area contributed by atoms with Crippen molar-refractivity contribution >= 4 is 16.0 Å². The fourth-order valence-electron chi connectivity index (χ4n) is 2.66. The van der Waals surface area contributed by atoms with E-state index in [1.807, 2.05) is 0 Å². The number of benzene rings is 2. The van der Waals surface area contributed by atoms with Crippen LogP contribution in [0.5, 0.6) is 11.5 Å². The van der Waals surface area contributed by atoms with Crippen molar-refractivity contribution in [2.45, 2.75) is 25.3 Å². The average molecular weight is 407 g/mol. The van der Waals surface area contributed by atoms with E-state index in [4.69, 9.17) is 14.2 Å². The van der Waals surface area contributed by atoms with Crippen LogP contribution in [0.15, 0.2) is 47.4 Å². The first kappa shape index (κ1) is 21.7. The number of nitrogens with zero attached hydrogens (tertiary/aromatic N) is 1. The predicted octanol–water partition coefficient (Wildman–Crippen LogP) is 3.09. The van der Waals surface area contributed by atoms with E-state index in [2.05, 4.69) is 0 Å². The van der Waals surface area contributed by atoms with E-state index in [9.17, 15) is 13.2 Å². The van der Waals surface area contributed by atoms with E-state index in [0.717, 1.165) is 5.56 Å². The lowest BCUT2D eigenvalue weighted by Crippen LogP contribution is -2.31. The SMILES string of the molecule is CCN(CC)S(=O)(=O)c1cc(C(=O)OCc2ccc(OC)cc2)ccc1OC. The maximum atomic E-state index is 12.9. The molecule has 0 amide bonds. The minimum Gasteiger partial charge on any atom is -0.497 e. The standard InChI is InChI=1S/C20H25NO6S/c1-5-21(6-2)28(23,24)19-13-16(9-12-18(19)26-4)20(22)27-14-15-7-10-17(25-3)11-8-15/h7-13H,5-6,14H2,1-4H3. The van der Waals surface area contributed by atoms with Gasteiger partial charge < -0.3 is 14.2 Å². The molecule has 28 heavy (non-hydrogen) atoms. The zero-order valence-corrected chi connectivity index (χ0v) is 17.3. The molecule has 0 N–H and O–H groups in total. The Bertz CT molecular complexity index is 905. The van der Waals surface area contributed by atoms with Crippen LogP contribution < -0.4 is 9.47 Å². The summed E-state index contributed by atoms with van der Waals surface area (Å²) in [4.78, 5) is 12.4. The number of rotatable bonds is 9. The number of esters is 1. The minimum atomic E-state index is -3.79. The zero-order chi connectivity index (χ0) is 20.7. The quantitative estimate of drug-likeness (QED) is 0.594. The smallest absolute Gasteiger partial charge is 0.338 e. The van der Waals surface area contributed by atoms with Crippen LogP contribution in [-0.2, 0) is 21.4 Å². The first-order valence-corrected chi connectivity index (χ1v) is 10.3. The summed E-state index contributed by atoms with van der Waals surface area (Å²) in [5, 5.41) is 0. The van der Waals surface area contributed by atoms with Gasteiger partial charge >= 0.3 is 5.97 Å². The number of ether oxygens (including phenoxy) is 3. The third-order valence-corrected chi connectivity index (χ3v) is 6.32. The Morgan fingerprint density at radius 1 is 0.964 bits per heavy atom. The predicted molar refractivity (Wildman–Crippen MR) is 105 cm³/mol. The van der Waals surface area contributed by atoms with Gasteiger partial charge in [-0.1, -0.05) is 26.0 Å². The molecule has 0 heterocycles. The minimum absolute atomic E-state index is 0.0578. The summed E-state index contributed by atoms with van der Waals surface area (Å²) in [5.41, 5.74) is 0.929. The number of hydrogen-bond donors (Lipinski definition) is 0. The van der Waals surface area contributed by atoms with Crippen LogP contribution in [0.1, 0.15) is 29.8 Å². The molecule has 0 radical (unpaired) electrons. The lowest BCUT2D eigenvalue weighted by molar-refractivity contribution is 0.0472.